The Balaban J connectivity index is 1.55. The number of aliphatic carboxylic acids is 1. The lowest BCUT2D eigenvalue weighted by molar-refractivity contribution is -0.138. The summed E-state index contributed by atoms with van der Waals surface area (Å²) in [7, 11) is 0. The number of rotatable bonds is 6. The molecule has 3 rings (SSSR count). The van der Waals surface area contributed by atoms with Crippen molar-refractivity contribution >= 4 is 11.7 Å². The number of hydrogen-bond donors (Lipinski definition) is 1. The maximum absolute atomic E-state index is 11.0. The summed E-state index contributed by atoms with van der Waals surface area (Å²) >= 11 is 0. The topological polar surface area (TPSA) is 75.1 Å². The van der Waals surface area contributed by atoms with Crippen molar-refractivity contribution in [3.8, 4) is 0 Å². The zero-order chi connectivity index (χ0) is 16.9. The highest BCUT2D eigenvalue weighted by Gasteiger charge is 2.25. The predicted molar refractivity (Wildman–Crippen MR) is 89.0 cm³/mol. The quantitative estimate of drug-likeness (QED) is 0.844. The smallest absolute Gasteiger partial charge is 0.304 e. The molecule has 1 atom stereocenters. The Bertz CT molecular complexity index is 537. The van der Waals surface area contributed by atoms with Crippen LogP contribution in [-0.2, 0) is 14.3 Å². The Morgan fingerprint density at radius 2 is 2.00 bits per heavy atom. The normalized spacial score (nSPS) is 21.1. The van der Waals surface area contributed by atoms with Gasteiger partial charge in [0.05, 0.1) is 37.2 Å². The molecule has 0 amide bonds. The van der Waals surface area contributed by atoms with Crippen LogP contribution in [0.5, 0.6) is 0 Å². The van der Waals surface area contributed by atoms with E-state index in [1.54, 1.807) is 0 Å². The lowest BCUT2D eigenvalue weighted by Gasteiger charge is -2.39. The second-order valence-corrected chi connectivity index (χ2v) is 6.20. The molecule has 2 saturated heterocycles. The number of aromatic nitrogens is 1. The Morgan fingerprint density at radius 3 is 2.54 bits per heavy atom. The zero-order valence-electron chi connectivity index (χ0n) is 14.1. The molecule has 0 bridgehead atoms. The Hall–Kier alpha value is -1.70. The molecule has 2 aliphatic heterocycles. The molecule has 1 unspecified atom stereocenters. The molecule has 1 N–H and O–H groups in total. The lowest BCUT2D eigenvalue weighted by atomic mass is 10.1. The van der Waals surface area contributed by atoms with Gasteiger partial charge in [-0.05, 0) is 18.6 Å². The number of anilines is 1. The van der Waals surface area contributed by atoms with Gasteiger partial charge in [0.2, 0.25) is 6.29 Å². The summed E-state index contributed by atoms with van der Waals surface area (Å²) in [4.78, 5) is 20.0. The highest BCUT2D eigenvalue weighted by Crippen LogP contribution is 2.24. The van der Waals surface area contributed by atoms with Gasteiger partial charge in [0, 0.05) is 32.2 Å². The number of hydrogen-bond acceptors (Lipinski definition) is 6. The van der Waals surface area contributed by atoms with Crippen LogP contribution in [0, 0.1) is 0 Å². The minimum atomic E-state index is -0.722. The molecule has 0 aromatic carbocycles. The monoisotopic (exact) mass is 335 g/mol. The molecule has 2 aliphatic rings. The van der Waals surface area contributed by atoms with Crippen molar-refractivity contribution in [3.05, 3.63) is 24.0 Å². The van der Waals surface area contributed by atoms with Crippen LogP contribution < -0.4 is 4.90 Å². The van der Waals surface area contributed by atoms with Crippen LogP contribution in [0.4, 0.5) is 5.69 Å². The van der Waals surface area contributed by atoms with Crippen LogP contribution in [0.2, 0.25) is 0 Å². The molecule has 24 heavy (non-hydrogen) atoms. The number of pyridine rings is 1. The zero-order valence-corrected chi connectivity index (χ0v) is 14.1. The maximum Gasteiger partial charge on any atom is 0.304 e. The van der Waals surface area contributed by atoms with Crippen molar-refractivity contribution in [3.63, 3.8) is 0 Å². The van der Waals surface area contributed by atoms with Crippen LogP contribution in [-0.4, -0.2) is 66.4 Å². The SMILES string of the molecule is CCC(CC(=O)O)N1CCN(c2ccc(C3OCCO3)nc2)CC1. The predicted octanol–water partition coefficient (Wildman–Crippen LogP) is 1.50. The van der Waals surface area contributed by atoms with Crippen LogP contribution in [0.1, 0.15) is 31.7 Å². The number of piperazine rings is 1. The minimum absolute atomic E-state index is 0.127. The fraction of sp³-hybridized carbons (Fsp3) is 0.647. The molecule has 7 heteroatoms. The minimum Gasteiger partial charge on any atom is -0.481 e. The van der Waals surface area contributed by atoms with Crippen LogP contribution in [0.3, 0.4) is 0 Å². The first kappa shape index (κ1) is 17.1. The summed E-state index contributed by atoms with van der Waals surface area (Å²) in [6, 6.07) is 4.14. The van der Waals surface area contributed by atoms with E-state index in [-0.39, 0.29) is 18.8 Å². The highest BCUT2D eigenvalue weighted by atomic mass is 16.7. The summed E-state index contributed by atoms with van der Waals surface area (Å²) in [5.74, 6) is -0.722. The Kier molecular flexibility index (Phi) is 5.65. The van der Waals surface area contributed by atoms with Gasteiger partial charge in [-0.15, -0.1) is 0 Å². The van der Waals surface area contributed by atoms with E-state index in [0.29, 0.717) is 13.2 Å². The van der Waals surface area contributed by atoms with Crippen molar-refractivity contribution in [2.45, 2.75) is 32.1 Å². The van der Waals surface area contributed by atoms with E-state index in [9.17, 15) is 4.79 Å². The van der Waals surface area contributed by atoms with E-state index in [1.807, 2.05) is 12.3 Å². The number of ether oxygens (including phenoxy) is 2. The second-order valence-electron chi connectivity index (χ2n) is 6.20. The standard InChI is InChI=1S/C17H25N3O4/c1-2-13(11-16(21)22)19-5-7-20(8-6-19)14-3-4-15(18-12-14)17-23-9-10-24-17/h3-4,12-13,17H,2,5-11H2,1H3,(H,21,22). The van der Waals surface area contributed by atoms with Gasteiger partial charge in [0.25, 0.3) is 0 Å². The van der Waals surface area contributed by atoms with Crippen LogP contribution in [0.25, 0.3) is 0 Å². The van der Waals surface area contributed by atoms with Gasteiger partial charge in [-0.25, -0.2) is 0 Å². The summed E-state index contributed by atoms with van der Waals surface area (Å²) in [6.07, 6.45) is 2.61. The number of carbonyl (C=O) groups is 1. The maximum atomic E-state index is 11.0. The fourth-order valence-corrected chi connectivity index (χ4v) is 3.33. The molecule has 3 heterocycles. The van der Waals surface area contributed by atoms with Gasteiger partial charge in [-0.2, -0.15) is 0 Å². The third-order valence-corrected chi connectivity index (χ3v) is 4.71. The summed E-state index contributed by atoms with van der Waals surface area (Å²) in [6.45, 7) is 6.80. The second kappa shape index (κ2) is 7.92. The molecular weight excluding hydrogens is 310 g/mol. The summed E-state index contributed by atoms with van der Waals surface area (Å²) in [5, 5.41) is 9.03. The van der Waals surface area contributed by atoms with Crippen LogP contribution in [0.15, 0.2) is 18.3 Å². The van der Waals surface area contributed by atoms with E-state index in [2.05, 4.69) is 27.8 Å². The summed E-state index contributed by atoms with van der Waals surface area (Å²) in [5.41, 5.74) is 1.89. The Morgan fingerprint density at radius 1 is 1.29 bits per heavy atom. The number of nitrogens with zero attached hydrogens (tertiary/aromatic N) is 3. The van der Waals surface area contributed by atoms with E-state index in [4.69, 9.17) is 14.6 Å². The first-order chi connectivity index (χ1) is 11.7. The van der Waals surface area contributed by atoms with Crippen molar-refractivity contribution in [2.75, 3.05) is 44.3 Å². The Labute approximate surface area is 142 Å². The largest absolute Gasteiger partial charge is 0.481 e. The van der Waals surface area contributed by atoms with Gasteiger partial charge >= 0.3 is 5.97 Å². The molecule has 0 aliphatic carbocycles. The molecule has 0 radical (unpaired) electrons. The van der Waals surface area contributed by atoms with Crippen molar-refractivity contribution in [1.29, 1.82) is 0 Å². The first-order valence-corrected chi connectivity index (χ1v) is 8.57. The van der Waals surface area contributed by atoms with Gasteiger partial charge in [-0.3, -0.25) is 14.7 Å². The van der Waals surface area contributed by atoms with Gasteiger partial charge in [0.15, 0.2) is 0 Å². The van der Waals surface area contributed by atoms with Crippen LogP contribution >= 0.6 is 0 Å². The van der Waals surface area contributed by atoms with Crippen molar-refractivity contribution in [1.82, 2.24) is 9.88 Å². The van der Waals surface area contributed by atoms with Crippen molar-refractivity contribution in [2.24, 2.45) is 0 Å². The molecule has 132 valence electrons. The molecule has 1 aromatic rings. The number of carboxylic acids is 1. The van der Waals surface area contributed by atoms with E-state index < -0.39 is 5.97 Å². The van der Waals surface area contributed by atoms with Gasteiger partial charge in [-0.1, -0.05) is 6.92 Å². The molecule has 0 spiro atoms. The third kappa shape index (κ3) is 4.03. The van der Waals surface area contributed by atoms with Gasteiger partial charge < -0.3 is 19.5 Å². The highest BCUT2D eigenvalue weighted by molar-refractivity contribution is 5.67. The van der Waals surface area contributed by atoms with Crippen molar-refractivity contribution < 1.29 is 19.4 Å². The number of carboxylic acid groups (broad SMARTS) is 1. The van der Waals surface area contributed by atoms with E-state index in [0.717, 1.165) is 44.0 Å². The third-order valence-electron chi connectivity index (χ3n) is 4.71. The first-order valence-electron chi connectivity index (χ1n) is 8.57. The molecule has 1 aromatic heterocycles. The van der Waals surface area contributed by atoms with E-state index >= 15 is 0 Å². The average molecular weight is 335 g/mol. The summed E-state index contributed by atoms with van der Waals surface area (Å²) < 4.78 is 10.9. The van der Waals surface area contributed by atoms with E-state index in [1.165, 1.54) is 0 Å². The molecule has 0 saturated carbocycles. The average Bonchev–Trinajstić information content (AvgIpc) is 3.14. The van der Waals surface area contributed by atoms with Gasteiger partial charge in [0.1, 0.15) is 0 Å². The molecule has 2 fully saturated rings. The molecule has 7 nitrogen and oxygen atoms in total. The lowest BCUT2D eigenvalue weighted by Crippen LogP contribution is -2.50. The fourth-order valence-electron chi connectivity index (χ4n) is 3.33. The molecular formula is C17H25N3O4.